The fourth-order valence-corrected chi connectivity index (χ4v) is 5.35. The van der Waals surface area contributed by atoms with Gasteiger partial charge in [0, 0.05) is 5.56 Å². The number of rotatable bonds is 7. The summed E-state index contributed by atoms with van der Waals surface area (Å²) in [5.74, 6) is 0.0580. The van der Waals surface area contributed by atoms with E-state index in [9.17, 15) is 13.2 Å². The Labute approximate surface area is 187 Å². The zero-order valence-corrected chi connectivity index (χ0v) is 19.0. The van der Waals surface area contributed by atoms with Crippen molar-refractivity contribution in [3.05, 3.63) is 71.3 Å². The molecule has 7 nitrogen and oxygen atoms in total. The zero-order valence-electron chi connectivity index (χ0n) is 18.2. The first-order valence-electron chi connectivity index (χ1n) is 10.3. The molecule has 0 fully saturated rings. The quantitative estimate of drug-likeness (QED) is 0.441. The number of carbonyl (C=O) groups is 1. The van der Waals surface area contributed by atoms with Crippen molar-refractivity contribution in [2.45, 2.75) is 25.8 Å². The number of ether oxygens (including phenoxy) is 1. The molecule has 1 amide bonds. The molecule has 1 aliphatic rings. The molecule has 1 atom stereocenters. The average molecular weight is 452 g/mol. The minimum atomic E-state index is -3.71. The Bertz CT molecular complexity index is 1290. The largest absolute Gasteiger partial charge is 0.497 e. The summed E-state index contributed by atoms with van der Waals surface area (Å²) in [6, 6.07) is 15.8. The molecule has 4 rings (SSSR count). The lowest BCUT2D eigenvalue weighted by Gasteiger charge is -2.27. The molecule has 3 aromatic carbocycles. The van der Waals surface area contributed by atoms with Gasteiger partial charge in [0.15, 0.2) is 0 Å². The van der Waals surface area contributed by atoms with Crippen LogP contribution in [-0.2, 0) is 27.7 Å². The van der Waals surface area contributed by atoms with Gasteiger partial charge in [-0.3, -0.25) is 9.10 Å². The molecule has 0 aliphatic heterocycles. The summed E-state index contributed by atoms with van der Waals surface area (Å²) in [5.41, 5.74) is 6.41. The van der Waals surface area contributed by atoms with Gasteiger partial charge in [0.05, 0.1) is 25.3 Å². The van der Waals surface area contributed by atoms with E-state index < -0.39 is 22.0 Å². The third kappa shape index (κ3) is 4.18. The molecule has 0 bridgehead atoms. The van der Waals surface area contributed by atoms with Crippen molar-refractivity contribution in [1.82, 2.24) is 5.43 Å². The Hall–Kier alpha value is -3.39. The van der Waals surface area contributed by atoms with Gasteiger partial charge in [-0.15, -0.1) is 0 Å². The number of sulfonamides is 1. The lowest BCUT2D eigenvalue weighted by molar-refractivity contribution is -0.121. The Morgan fingerprint density at radius 2 is 1.78 bits per heavy atom. The third-order valence-corrected chi connectivity index (χ3v) is 6.95. The molecule has 0 saturated carbocycles. The van der Waals surface area contributed by atoms with Crippen molar-refractivity contribution >= 4 is 38.6 Å². The molecule has 32 heavy (non-hydrogen) atoms. The smallest absolute Gasteiger partial charge is 0.263 e. The second kappa shape index (κ2) is 8.63. The molecule has 0 aromatic heterocycles. The maximum absolute atomic E-state index is 12.7. The van der Waals surface area contributed by atoms with Gasteiger partial charge in [-0.1, -0.05) is 30.3 Å². The van der Waals surface area contributed by atoms with E-state index in [1.165, 1.54) is 30.5 Å². The maximum atomic E-state index is 12.7. The molecule has 0 spiro atoms. The predicted molar refractivity (Wildman–Crippen MR) is 127 cm³/mol. The number of aryl methyl sites for hydroxylation is 2. The molecule has 1 aliphatic carbocycles. The summed E-state index contributed by atoms with van der Waals surface area (Å²) in [6.07, 6.45) is 4.74. The summed E-state index contributed by atoms with van der Waals surface area (Å²) in [7, 11) is -2.18. The maximum Gasteiger partial charge on any atom is 0.263 e. The van der Waals surface area contributed by atoms with Crippen molar-refractivity contribution in [2.75, 3.05) is 17.7 Å². The van der Waals surface area contributed by atoms with Gasteiger partial charge in [-0.2, -0.15) is 5.10 Å². The highest BCUT2D eigenvalue weighted by atomic mass is 32.2. The standard InChI is InChI=1S/C24H25N3O4S/c1-16(27(32(3,29)30)20-11-13-21(31-2)14-12-20)24(28)26-25-15-19-10-9-18-8-7-17-5-4-6-22(19)23(17)18/h4-6,9-16H,7-8H2,1-3H3,(H,26,28)/b25-15-/t16-/m1/s1. The zero-order chi connectivity index (χ0) is 22.9. The van der Waals surface area contributed by atoms with Crippen LogP contribution in [0.1, 0.15) is 23.6 Å². The van der Waals surface area contributed by atoms with E-state index in [-0.39, 0.29) is 0 Å². The molecule has 166 valence electrons. The van der Waals surface area contributed by atoms with Gasteiger partial charge in [0.25, 0.3) is 5.91 Å². The fraction of sp³-hybridized carbons (Fsp3) is 0.250. The van der Waals surface area contributed by atoms with Crippen LogP contribution in [-0.4, -0.2) is 39.9 Å². The number of methoxy groups -OCH3 is 1. The van der Waals surface area contributed by atoms with Gasteiger partial charge in [0.1, 0.15) is 11.8 Å². The van der Waals surface area contributed by atoms with Gasteiger partial charge in [0.2, 0.25) is 10.0 Å². The van der Waals surface area contributed by atoms with E-state index in [2.05, 4.69) is 28.7 Å². The number of nitrogens with zero attached hydrogens (tertiary/aromatic N) is 2. The lowest BCUT2D eigenvalue weighted by Crippen LogP contribution is -2.46. The van der Waals surface area contributed by atoms with E-state index in [1.54, 1.807) is 30.5 Å². The fourth-order valence-electron chi connectivity index (χ4n) is 4.18. The SMILES string of the molecule is COc1ccc(N([C@H](C)C(=O)N/N=C\c2ccc3c4c(cccc24)CC3)S(C)(=O)=O)cc1. The van der Waals surface area contributed by atoms with E-state index >= 15 is 0 Å². The van der Waals surface area contributed by atoms with Crippen molar-refractivity contribution in [1.29, 1.82) is 0 Å². The number of nitrogens with one attached hydrogen (secondary N) is 1. The predicted octanol–water partition coefficient (Wildman–Crippen LogP) is 3.25. The Balaban J connectivity index is 1.54. The third-order valence-electron chi connectivity index (χ3n) is 5.70. The lowest BCUT2D eigenvalue weighted by atomic mass is 10.0. The van der Waals surface area contributed by atoms with Gasteiger partial charge in [-0.05, 0) is 65.9 Å². The molecular weight excluding hydrogens is 426 g/mol. The van der Waals surface area contributed by atoms with Crippen LogP contribution in [0.2, 0.25) is 0 Å². The van der Waals surface area contributed by atoms with Crippen LogP contribution in [0, 0.1) is 0 Å². The second-order valence-electron chi connectivity index (χ2n) is 7.82. The number of carbonyl (C=O) groups excluding carboxylic acids is 1. The minimum absolute atomic E-state index is 0.368. The molecule has 0 heterocycles. The topological polar surface area (TPSA) is 88.1 Å². The molecule has 8 heteroatoms. The second-order valence-corrected chi connectivity index (χ2v) is 9.68. The van der Waals surface area contributed by atoms with E-state index in [0.717, 1.165) is 34.4 Å². The highest BCUT2D eigenvalue weighted by Gasteiger charge is 2.29. The minimum Gasteiger partial charge on any atom is -0.497 e. The molecule has 0 unspecified atom stereocenters. The van der Waals surface area contributed by atoms with E-state index in [4.69, 9.17) is 4.74 Å². The highest BCUT2D eigenvalue weighted by molar-refractivity contribution is 7.92. The highest BCUT2D eigenvalue weighted by Crippen LogP contribution is 2.32. The normalized spacial score (nSPS) is 14.0. The van der Waals surface area contributed by atoms with Crippen molar-refractivity contribution in [3.63, 3.8) is 0 Å². The summed E-state index contributed by atoms with van der Waals surface area (Å²) >= 11 is 0. The van der Waals surface area contributed by atoms with Crippen LogP contribution in [0.15, 0.2) is 59.7 Å². The van der Waals surface area contributed by atoms with Crippen LogP contribution in [0.3, 0.4) is 0 Å². The summed E-state index contributed by atoms with van der Waals surface area (Å²) in [5, 5.41) is 6.47. The number of benzene rings is 3. The van der Waals surface area contributed by atoms with Gasteiger partial charge >= 0.3 is 0 Å². The molecule has 3 aromatic rings. The summed E-state index contributed by atoms with van der Waals surface area (Å²) in [6.45, 7) is 1.52. The van der Waals surface area contributed by atoms with Crippen LogP contribution in [0.4, 0.5) is 5.69 Å². The number of hydrogen-bond acceptors (Lipinski definition) is 5. The Morgan fingerprint density at radius 3 is 2.44 bits per heavy atom. The van der Waals surface area contributed by atoms with Crippen LogP contribution in [0.5, 0.6) is 5.75 Å². The van der Waals surface area contributed by atoms with E-state index in [0.29, 0.717) is 11.4 Å². The van der Waals surface area contributed by atoms with Gasteiger partial charge < -0.3 is 4.74 Å². The van der Waals surface area contributed by atoms with Crippen LogP contribution in [0.25, 0.3) is 10.8 Å². The van der Waals surface area contributed by atoms with Crippen LogP contribution >= 0.6 is 0 Å². The first-order valence-corrected chi connectivity index (χ1v) is 12.1. The molecule has 0 radical (unpaired) electrons. The first kappa shape index (κ1) is 21.8. The summed E-state index contributed by atoms with van der Waals surface area (Å²) in [4.78, 5) is 12.7. The molecular formula is C24H25N3O4S. The molecule has 0 saturated heterocycles. The van der Waals surface area contributed by atoms with Crippen molar-refractivity contribution in [3.8, 4) is 5.75 Å². The van der Waals surface area contributed by atoms with E-state index in [1.807, 2.05) is 12.1 Å². The number of amides is 1. The monoisotopic (exact) mass is 451 g/mol. The average Bonchev–Trinajstić information content (AvgIpc) is 3.19. The van der Waals surface area contributed by atoms with Gasteiger partial charge in [-0.25, -0.2) is 13.8 Å². The van der Waals surface area contributed by atoms with Crippen LogP contribution < -0.4 is 14.5 Å². The molecule has 1 N–H and O–H groups in total. The summed E-state index contributed by atoms with van der Waals surface area (Å²) < 4.78 is 31.0. The number of hydrazone groups is 1. The first-order chi connectivity index (χ1) is 15.3. The van der Waals surface area contributed by atoms with Crippen molar-refractivity contribution in [2.24, 2.45) is 5.10 Å². The Morgan fingerprint density at radius 1 is 1.09 bits per heavy atom. The number of hydrogen-bond donors (Lipinski definition) is 1. The Kier molecular flexibility index (Phi) is 5.88. The number of anilines is 1. The van der Waals surface area contributed by atoms with Crippen molar-refractivity contribution < 1.29 is 17.9 Å².